The first-order chi connectivity index (χ1) is 17.4. The Hall–Kier alpha value is -3.06. The van der Waals surface area contributed by atoms with E-state index in [1.54, 1.807) is 49.2 Å². The number of nitrogens with zero attached hydrogens (tertiary/aromatic N) is 4. The van der Waals surface area contributed by atoms with Gasteiger partial charge in [0.05, 0.1) is 44.8 Å². The van der Waals surface area contributed by atoms with Crippen molar-refractivity contribution >= 4 is 27.1 Å². The third-order valence-electron chi connectivity index (χ3n) is 5.75. The third-order valence-corrected chi connectivity index (χ3v) is 6.53. The van der Waals surface area contributed by atoms with Crippen LogP contribution in [0.3, 0.4) is 0 Å². The van der Waals surface area contributed by atoms with Crippen LogP contribution in [0, 0.1) is 22.7 Å². The van der Waals surface area contributed by atoms with Crippen LogP contribution in [0.25, 0.3) is 5.57 Å². The molecule has 0 radical (unpaired) electrons. The summed E-state index contributed by atoms with van der Waals surface area (Å²) in [5.41, 5.74) is 1.24. The molecule has 2 aromatic rings. The summed E-state index contributed by atoms with van der Waals surface area (Å²) in [4.78, 5) is 3.08. The minimum Gasteiger partial charge on any atom is -0.748 e. The van der Waals surface area contributed by atoms with Crippen molar-refractivity contribution < 1.29 is 55.7 Å². The van der Waals surface area contributed by atoms with Crippen LogP contribution in [0.15, 0.2) is 77.7 Å². The fourth-order valence-electron chi connectivity index (χ4n) is 4.03. The first-order valence-corrected chi connectivity index (χ1v) is 12.6. The minimum absolute atomic E-state index is 0. The minimum atomic E-state index is -4.60. The predicted octanol–water partition coefficient (Wildman–Crippen LogP) is 2.19. The second-order valence-electron chi connectivity index (χ2n) is 8.22. The Morgan fingerprint density at radius 3 is 2.29 bits per heavy atom. The van der Waals surface area contributed by atoms with Crippen LogP contribution in [-0.2, 0) is 16.3 Å². The molecule has 3 rings (SSSR count). The average molecular weight is 551 g/mol. The third kappa shape index (κ3) is 7.28. The molecule has 2 aromatic carbocycles. The molecule has 0 N–H and O–H groups in total. The first kappa shape index (κ1) is 31.2. The average Bonchev–Trinajstić information content (AvgIpc) is 3.11. The standard InChI is InChI=1S/C26H23F3N4O3S.Na/c1-18(16-30)25(19-7-4-3-5-8-19)20(17-31)9-12-24-32(2)22-11-10-21(26(27,28)29)15-23(22)33(24)13-6-14-37(34,35)36;/h3-5,7-12,15H,6,13-14H2,1-2H3,(H,34,35,36);/q;+1/p-1/b20-9+,24-12+,25-18-;. The molecule has 0 saturated heterocycles. The number of allylic oxidation sites excluding steroid dienone is 5. The molecule has 0 fully saturated rings. The molecule has 0 atom stereocenters. The molecule has 1 aliphatic rings. The molecule has 192 valence electrons. The topological polar surface area (TPSA) is 111 Å². The number of alkyl halides is 3. The molecule has 12 heteroatoms. The fourth-order valence-corrected chi connectivity index (χ4v) is 4.52. The number of fused-ring (bicyclic) bond motifs is 1. The molecule has 0 saturated carbocycles. The molecule has 1 heterocycles. The number of hydrogen-bond acceptors (Lipinski definition) is 7. The molecule has 0 unspecified atom stereocenters. The van der Waals surface area contributed by atoms with E-state index >= 15 is 0 Å². The number of halogens is 3. The van der Waals surface area contributed by atoms with E-state index in [4.69, 9.17) is 0 Å². The van der Waals surface area contributed by atoms with E-state index < -0.39 is 27.6 Å². The summed E-state index contributed by atoms with van der Waals surface area (Å²) in [6, 6.07) is 16.2. The van der Waals surface area contributed by atoms with Crippen LogP contribution in [0.4, 0.5) is 24.5 Å². The van der Waals surface area contributed by atoms with Gasteiger partial charge in [-0.2, -0.15) is 23.7 Å². The van der Waals surface area contributed by atoms with E-state index in [2.05, 4.69) is 12.1 Å². The van der Waals surface area contributed by atoms with Crippen molar-refractivity contribution in [1.29, 1.82) is 10.5 Å². The van der Waals surface area contributed by atoms with E-state index in [0.717, 1.165) is 12.1 Å². The summed E-state index contributed by atoms with van der Waals surface area (Å²) < 4.78 is 73.5. The molecule has 0 amide bonds. The first-order valence-electron chi connectivity index (χ1n) is 11.0. The summed E-state index contributed by atoms with van der Waals surface area (Å²) in [6.45, 7) is 1.52. The van der Waals surface area contributed by atoms with Gasteiger partial charge in [0.1, 0.15) is 5.82 Å². The quantitative estimate of drug-likeness (QED) is 0.225. The largest absolute Gasteiger partial charge is 1.00 e. The second-order valence-corrected chi connectivity index (χ2v) is 9.75. The predicted molar refractivity (Wildman–Crippen MR) is 133 cm³/mol. The van der Waals surface area contributed by atoms with Gasteiger partial charge >= 0.3 is 35.7 Å². The molecule has 7 nitrogen and oxygen atoms in total. The molecule has 0 aliphatic carbocycles. The normalized spacial score (nSPS) is 15.4. The summed E-state index contributed by atoms with van der Waals surface area (Å²) >= 11 is 0. The van der Waals surface area contributed by atoms with Gasteiger partial charge in [0.2, 0.25) is 0 Å². The summed E-state index contributed by atoms with van der Waals surface area (Å²) in [5.74, 6) is -0.316. The zero-order valence-corrected chi connectivity index (χ0v) is 23.8. The van der Waals surface area contributed by atoms with Crippen LogP contribution in [0.1, 0.15) is 24.5 Å². The zero-order valence-electron chi connectivity index (χ0n) is 21.0. The van der Waals surface area contributed by atoms with Gasteiger partial charge in [0.25, 0.3) is 0 Å². The molecular formula is C26H22F3N4NaO3S. The molecule has 38 heavy (non-hydrogen) atoms. The molecule has 0 aromatic heterocycles. The van der Waals surface area contributed by atoms with Crippen LogP contribution in [0.5, 0.6) is 0 Å². The molecule has 0 spiro atoms. The van der Waals surface area contributed by atoms with Gasteiger partial charge in [0, 0.05) is 30.5 Å². The van der Waals surface area contributed by atoms with Gasteiger partial charge in [-0.05, 0) is 49.3 Å². The Morgan fingerprint density at radius 1 is 1.08 bits per heavy atom. The summed E-state index contributed by atoms with van der Waals surface area (Å²) in [5, 5.41) is 19.4. The zero-order chi connectivity index (χ0) is 27.4. The van der Waals surface area contributed by atoms with Crippen molar-refractivity contribution in [3.8, 4) is 12.1 Å². The van der Waals surface area contributed by atoms with Crippen LogP contribution < -0.4 is 39.4 Å². The number of nitriles is 2. The summed E-state index contributed by atoms with van der Waals surface area (Å²) in [7, 11) is -2.90. The Kier molecular flexibility index (Phi) is 10.4. The van der Waals surface area contributed by atoms with Gasteiger partial charge in [-0.15, -0.1) is 0 Å². The van der Waals surface area contributed by atoms with Gasteiger partial charge in [0.15, 0.2) is 0 Å². The second kappa shape index (κ2) is 12.7. The Bertz CT molecular complexity index is 1470. The smallest absolute Gasteiger partial charge is 0.748 e. The Balaban J connectivity index is 0.00000507. The molecular weight excluding hydrogens is 528 g/mol. The van der Waals surface area contributed by atoms with Crippen molar-refractivity contribution in [1.82, 2.24) is 0 Å². The number of hydrogen-bond donors (Lipinski definition) is 0. The van der Waals surface area contributed by atoms with Crippen LogP contribution in [-0.4, -0.2) is 32.3 Å². The number of anilines is 2. The van der Waals surface area contributed by atoms with Crippen molar-refractivity contribution in [2.75, 3.05) is 29.1 Å². The van der Waals surface area contributed by atoms with E-state index in [1.165, 1.54) is 23.1 Å². The maximum absolute atomic E-state index is 13.4. The van der Waals surface area contributed by atoms with Gasteiger partial charge in [-0.3, -0.25) is 0 Å². The van der Waals surface area contributed by atoms with Crippen molar-refractivity contribution in [2.45, 2.75) is 19.5 Å². The SMILES string of the molecule is C/C(C#N)=C(/C(C#N)=C/C=C1\N(C)c2ccc(C(F)(F)F)cc2N1CCCS(=O)(=O)[O-])c1ccccc1.[Na+]. The van der Waals surface area contributed by atoms with E-state index in [9.17, 15) is 36.7 Å². The van der Waals surface area contributed by atoms with E-state index in [-0.39, 0.29) is 53.8 Å². The monoisotopic (exact) mass is 550 g/mol. The van der Waals surface area contributed by atoms with Crippen molar-refractivity contribution in [3.63, 3.8) is 0 Å². The molecule has 0 bridgehead atoms. The summed E-state index contributed by atoms with van der Waals surface area (Å²) in [6.07, 6.45) is -1.74. The van der Waals surface area contributed by atoms with Gasteiger partial charge in [-0.25, -0.2) is 8.42 Å². The van der Waals surface area contributed by atoms with Crippen LogP contribution in [0.2, 0.25) is 0 Å². The molecule has 1 aliphatic heterocycles. The Morgan fingerprint density at radius 2 is 1.74 bits per heavy atom. The van der Waals surface area contributed by atoms with E-state index in [1.807, 2.05) is 0 Å². The van der Waals surface area contributed by atoms with Crippen LogP contribution >= 0.6 is 0 Å². The number of rotatable bonds is 7. The Labute approximate surface area is 241 Å². The maximum Gasteiger partial charge on any atom is 1.00 e. The van der Waals surface area contributed by atoms with Crippen molar-refractivity contribution in [3.05, 3.63) is 88.8 Å². The number of benzene rings is 2. The maximum atomic E-state index is 13.4. The van der Waals surface area contributed by atoms with Crippen molar-refractivity contribution in [2.24, 2.45) is 0 Å². The van der Waals surface area contributed by atoms with Gasteiger partial charge < -0.3 is 14.4 Å². The van der Waals surface area contributed by atoms with E-state index in [0.29, 0.717) is 28.2 Å². The van der Waals surface area contributed by atoms with Gasteiger partial charge in [-0.1, -0.05) is 30.3 Å². The fraction of sp³-hybridized carbons (Fsp3) is 0.231.